The number of nitro benzene ring substituents is 1. The molecule has 2 rings (SSSR count). The largest absolute Gasteiger partial charge is 0.296 e. The zero-order valence-electron chi connectivity index (χ0n) is 11.7. The summed E-state index contributed by atoms with van der Waals surface area (Å²) in [6, 6.07) is 6.33. The van der Waals surface area contributed by atoms with Gasteiger partial charge in [0.2, 0.25) is 0 Å². The van der Waals surface area contributed by atoms with E-state index in [9.17, 15) is 14.9 Å². The van der Waals surface area contributed by atoms with Gasteiger partial charge in [-0.25, -0.2) is 0 Å². The Bertz CT molecular complexity index is 478. The molecule has 0 atom stereocenters. The summed E-state index contributed by atoms with van der Waals surface area (Å²) in [4.78, 5) is 24.4. The molecule has 0 bridgehead atoms. The van der Waals surface area contributed by atoms with E-state index in [1.165, 1.54) is 43.5 Å². The molecular formula is C15H20N2O3. The Kier molecular flexibility index (Phi) is 4.84. The van der Waals surface area contributed by atoms with Gasteiger partial charge in [0.25, 0.3) is 5.69 Å². The van der Waals surface area contributed by atoms with E-state index in [1.807, 2.05) is 7.05 Å². The zero-order chi connectivity index (χ0) is 14.5. The quantitative estimate of drug-likeness (QED) is 0.471. The van der Waals surface area contributed by atoms with Gasteiger partial charge in [-0.2, -0.15) is 0 Å². The Morgan fingerprint density at radius 3 is 2.40 bits per heavy atom. The summed E-state index contributed by atoms with van der Waals surface area (Å²) < 4.78 is 0. The number of non-ortho nitro benzene ring substituents is 1. The van der Waals surface area contributed by atoms with E-state index >= 15 is 0 Å². The molecule has 1 aromatic carbocycles. The highest BCUT2D eigenvalue weighted by atomic mass is 16.6. The first-order chi connectivity index (χ1) is 9.58. The van der Waals surface area contributed by atoms with Crippen molar-refractivity contribution in [1.82, 2.24) is 4.90 Å². The van der Waals surface area contributed by atoms with Crippen molar-refractivity contribution in [1.29, 1.82) is 0 Å². The average Bonchev–Trinajstić information content (AvgIpc) is 2.48. The van der Waals surface area contributed by atoms with Crippen LogP contribution in [0.15, 0.2) is 24.3 Å². The molecule has 0 aromatic heterocycles. The SMILES string of the molecule is CN(CC(=O)c1ccc([N+](=O)[O-])cc1)C1CCCCC1. The van der Waals surface area contributed by atoms with Crippen LogP contribution in [-0.4, -0.2) is 35.2 Å². The zero-order valence-corrected chi connectivity index (χ0v) is 11.7. The maximum atomic E-state index is 12.2. The molecule has 1 fully saturated rings. The van der Waals surface area contributed by atoms with E-state index in [1.54, 1.807) is 0 Å². The third-order valence-electron chi connectivity index (χ3n) is 3.99. The number of rotatable bonds is 5. The molecule has 1 aliphatic carbocycles. The van der Waals surface area contributed by atoms with E-state index in [2.05, 4.69) is 4.90 Å². The van der Waals surface area contributed by atoms with Gasteiger partial charge in [-0.1, -0.05) is 19.3 Å². The van der Waals surface area contributed by atoms with Crippen LogP contribution in [0, 0.1) is 10.1 Å². The predicted octanol–water partition coefficient (Wildman–Crippen LogP) is 3.04. The summed E-state index contributed by atoms with van der Waals surface area (Å²) in [5, 5.41) is 10.6. The number of nitro groups is 1. The fraction of sp³-hybridized carbons (Fsp3) is 0.533. The number of hydrogen-bond donors (Lipinski definition) is 0. The molecule has 0 heterocycles. The van der Waals surface area contributed by atoms with Crippen molar-refractivity contribution < 1.29 is 9.72 Å². The topological polar surface area (TPSA) is 63.5 Å². The van der Waals surface area contributed by atoms with E-state index in [0.717, 1.165) is 12.8 Å². The first-order valence-corrected chi connectivity index (χ1v) is 7.06. The molecule has 0 saturated heterocycles. The van der Waals surface area contributed by atoms with Crippen LogP contribution in [0.2, 0.25) is 0 Å². The lowest BCUT2D eigenvalue weighted by molar-refractivity contribution is -0.384. The van der Waals surface area contributed by atoms with Crippen LogP contribution < -0.4 is 0 Å². The Labute approximate surface area is 118 Å². The van der Waals surface area contributed by atoms with Crippen molar-refractivity contribution >= 4 is 11.5 Å². The summed E-state index contributed by atoms with van der Waals surface area (Å²) in [7, 11) is 1.99. The lowest BCUT2D eigenvalue weighted by Crippen LogP contribution is -2.37. The lowest BCUT2D eigenvalue weighted by Gasteiger charge is -2.30. The molecule has 1 aromatic rings. The standard InChI is InChI=1S/C15H20N2O3/c1-16(13-5-3-2-4-6-13)11-15(18)12-7-9-14(10-8-12)17(19)20/h7-10,13H,2-6,11H2,1H3. The Morgan fingerprint density at radius 2 is 1.85 bits per heavy atom. The van der Waals surface area contributed by atoms with Gasteiger partial charge in [0.15, 0.2) is 5.78 Å². The normalized spacial score (nSPS) is 16.3. The third-order valence-corrected chi connectivity index (χ3v) is 3.99. The summed E-state index contributed by atoms with van der Waals surface area (Å²) >= 11 is 0. The number of Topliss-reactive ketones (excluding diaryl/α,β-unsaturated/α-hetero) is 1. The van der Waals surface area contributed by atoms with Crippen LogP contribution in [0.5, 0.6) is 0 Å². The van der Waals surface area contributed by atoms with Crippen LogP contribution in [0.3, 0.4) is 0 Å². The van der Waals surface area contributed by atoms with Gasteiger partial charge in [0, 0.05) is 23.7 Å². The van der Waals surface area contributed by atoms with Crippen molar-refractivity contribution in [2.75, 3.05) is 13.6 Å². The maximum Gasteiger partial charge on any atom is 0.269 e. The first-order valence-electron chi connectivity index (χ1n) is 7.06. The molecule has 0 spiro atoms. The summed E-state index contributed by atoms with van der Waals surface area (Å²) in [6.45, 7) is 0.377. The van der Waals surface area contributed by atoms with Crippen LogP contribution in [0.25, 0.3) is 0 Å². The molecule has 0 radical (unpaired) electrons. The van der Waals surface area contributed by atoms with E-state index in [-0.39, 0.29) is 11.5 Å². The second-order valence-electron chi connectivity index (χ2n) is 5.43. The third kappa shape index (κ3) is 3.63. The summed E-state index contributed by atoms with van der Waals surface area (Å²) in [6.07, 6.45) is 6.08. The molecule has 0 aliphatic heterocycles. The lowest BCUT2D eigenvalue weighted by atomic mass is 9.94. The van der Waals surface area contributed by atoms with Crippen molar-refractivity contribution in [3.05, 3.63) is 39.9 Å². The minimum atomic E-state index is -0.456. The molecule has 1 aliphatic rings. The molecule has 5 nitrogen and oxygen atoms in total. The number of likely N-dealkylation sites (N-methyl/N-ethyl adjacent to an activating group) is 1. The predicted molar refractivity (Wildman–Crippen MR) is 76.9 cm³/mol. The molecule has 1 saturated carbocycles. The monoisotopic (exact) mass is 276 g/mol. The van der Waals surface area contributed by atoms with Gasteiger partial charge in [-0.05, 0) is 32.0 Å². The van der Waals surface area contributed by atoms with Gasteiger partial charge in [0.1, 0.15) is 0 Å². The fourth-order valence-electron chi connectivity index (χ4n) is 2.74. The Hall–Kier alpha value is -1.75. The Balaban J connectivity index is 1.95. The van der Waals surface area contributed by atoms with Gasteiger partial charge in [0.05, 0.1) is 11.5 Å². The van der Waals surface area contributed by atoms with Crippen LogP contribution in [0.4, 0.5) is 5.69 Å². The molecule has 0 unspecified atom stereocenters. The number of carbonyl (C=O) groups excluding carboxylic acids is 1. The van der Waals surface area contributed by atoms with Crippen LogP contribution in [0.1, 0.15) is 42.5 Å². The molecule has 108 valence electrons. The smallest absolute Gasteiger partial charge is 0.269 e. The van der Waals surface area contributed by atoms with Gasteiger partial charge >= 0.3 is 0 Å². The van der Waals surface area contributed by atoms with Crippen molar-refractivity contribution in [3.63, 3.8) is 0 Å². The van der Waals surface area contributed by atoms with Crippen LogP contribution in [-0.2, 0) is 0 Å². The van der Waals surface area contributed by atoms with E-state index in [4.69, 9.17) is 0 Å². The van der Waals surface area contributed by atoms with E-state index < -0.39 is 4.92 Å². The number of nitrogens with zero attached hydrogens (tertiary/aromatic N) is 2. The Morgan fingerprint density at radius 1 is 1.25 bits per heavy atom. The van der Waals surface area contributed by atoms with Gasteiger partial charge < -0.3 is 0 Å². The second kappa shape index (κ2) is 6.61. The second-order valence-corrected chi connectivity index (χ2v) is 5.43. The first kappa shape index (κ1) is 14.7. The maximum absolute atomic E-state index is 12.2. The molecular weight excluding hydrogens is 256 g/mol. The summed E-state index contributed by atoms with van der Waals surface area (Å²) in [5.41, 5.74) is 0.556. The van der Waals surface area contributed by atoms with Gasteiger partial charge in [-0.3, -0.25) is 19.8 Å². The molecule has 20 heavy (non-hydrogen) atoms. The van der Waals surface area contributed by atoms with Crippen LogP contribution >= 0.6 is 0 Å². The highest BCUT2D eigenvalue weighted by molar-refractivity contribution is 5.97. The number of ketones is 1. The summed E-state index contributed by atoms with van der Waals surface area (Å²) in [5.74, 6) is 0.0213. The van der Waals surface area contributed by atoms with Crippen molar-refractivity contribution in [3.8, 4) is 0 Å². The molecule has 0 N–H and O–H groups in total. The number of benzene rings is 1. The highest BCUT2D eigenvalue weighted by Gasteiger charge is 2.20. The average molecular weight is 276 g/mol. The highest BCUT2D eigenvalue weighted by Crippen LogP contribution is 2.22. The van der Waals surface area contributed by atoms with E-state index in [0.29, 0.717) is 18.2 Å². The van der Waals surface area contributed by atoms with Crippen molar-refractivity contribution in [2.45, 2.75) is 38.1 Å². The van der Waals surface area contributed by atoms with Gasteiger partial charge in [-0.15, -0.1) is 0 Å². The minimum absolute atomic E-state index is 0.0159. The molecule has 0 amide bonds. The number of hydrogen-bond acceptors (Lipinski definition) is 4. The number of carbonyl (C=O) groups is 1. The minimum Gasteiger partial charge on any atom is -0.296 e. The fourth-order valence-corrected chi connectivity index (χ4v) is 2.74. The van der Waals surface area contributed by atoms with Crippen molar-refractivity contribution in [2.24, 2.45) is 0 Å². The molecule has 5 heteroatoms.